The van der Waals surface area contributed by atoms with E-state index in [1.807, 2.05) is 60.4 Å². The minimum Gasteiger partial charge on any atom is -0.352 e. The lowest BCUT2D eigenvalue weighted by Crippen LogP contribution is -2.50. The Morgan fingerprint density at radius 3 is 2.27 bits per heavy atom. The summed E-state index contributed by atoms with van der Waals surface area (Å²) in [5, 5.41) is 5.70. The Labute approximate surface area is 177 Å². The number of benzene rings is 2. The number of rotatable bonds is 7. The van der Waals surface area contributed by atoms with Crippen LogP contribution in [0.15, 0.2) is 54.6 Å². The summed E-state index contributed by atoms with van der Waals surface area (Å²) in [4.78, 5) is 40.7. The molecule has 1 saturated heterocycles. The molecule has 2 aromatic carbocycles. The van der Waals surface area contributed by atoms with Gasteiger partial charge in [0, 0.05) is 50.4 Å². The fraction of sp³-hybridized carbons (Fsp3) is 0.348. The second-order valence-electron chi connectivity index (χ2n) is 7.39. The van der Waals surface area contributed by atoms with Gasteiger partial charge in [0.25, 0.3) is 5.91 Å². The van der Waals surface area contributed by atoms with Gasteiger partial charge in [0.15, 0.2) is 0 Å². The van der Waals surface area contributed by atoms with Crippen LogP contribution in [0.3, 0.4) is 0 Å². The van der Waals surface area contributed by atoms with E-state index in [0.717, 1.165) is 11.3 Å². The smallest absolute Gasteiger partial charge is 0.251 e. The largest absolute Gasteiger partial charge is 0.352 e. The fourth-order valence-corrected chi connectivity index (χ4v) is 3.44. The van der Waals surface area contributed by atoms with Gasteiger partial charge >= 0.3 is 0 Å². The van der Waals surface area contributed by atoms with Gasteiger partial charge < -0.3 is 15.5 Å². The monoisotopic (exact) mass is 408 g/mol. The summed E-state index contributed by atoms with van der Waals surface area (Å²) in [7, 11) is 0. The van der Waals surface area contributed by atoms with Crippen LogP contribution in [0.2, 0.25) is 0 Å². The summed E-state index contributed by atoms with van der Waals surface area (Å²) < 4.78 is 0. The first-order valence-corrected chi connectivity index (χ1v) is 10.2. The third-order valence-electron chi connectivity index (χ3n) is 5.16. The first kappa shape index (κ1) is 21.5. The van der Waals surface area contributed by atoms with Crippen LogP contribution in [0.1, 0.15) is 22.3 Å². The molecule has 2 aromatic rings. The Balaban J connectivity index is 1.35. The van der Waals surface area contributed by atoms with Crippen molar-refractivity contribution in [1.82, 2.24) is 15.1 Å². The summed E-state index contributed by atoms with van der Waals surface area (Å²) in [5.41, 5.74) is 2.32. The first-order chi connectivity index (χ1) is 14.5. The molecule has 7 nitrogen and oxygen atoms in total. The Bertz CT molecular complexity index is 877. The molecule has 0 radical (unpaired) electrons. The zero-order valence-corrected chi connectivity index (χ0v) is 17.3. The fourth-order valence-electron chi connectivity index (χ4n) is 3.44. The number of anilines is 1. The van der Waals surface area contributed by atoms with E-state index in [1.165, 1.54) is 0 Å². The van der Waals surface area contributed by atoms with Gasteiger partial charge in [-0.05, 0) is 30.7 Å². The predicted octanol–water partition coefficient (Wildman–Crippen LogP) is 1.90. The molecule has 7 heteroatoms. The van der Waals surface area contributed by atoms with E-state index in [2.05, 4.69) is 10.6 Å². The molecule has 0 atom stereocenters. The molecular formula is C23H28N4O3. The molecule has 3 amide bonds. The molecule has 30 heavy (non-hydrogen) atoms. The molecule has 0 saturated carbocycles. The topological polar surface area (TPSA) is 81.8 Å². The molecule has 1 aliphatic rings. The normalized spacial score (nSPS) is 14.2. The number of nitrogens with zero attached hydrogens (tertiary/aromatic N) is 2. The highest BCUT2D eigenvalue weighted by atomic mass is 16.2. The van der Waals surface area contributed by atoms with Crippen molar-refractivity contribution in [2.75, 3.05) is 44.6 Å². The number of hydrogen-bond donors (Lipinski definition) is 2. The molecule has 0 aliphatic carbocycles. The number of piperazine rings is 1. The number of amides is 3. The van der Waals surface area contributed by atoms with Gasteiger partial charge in [0.1, 0.15) is 0 Å². The van der Waals surface area contributed by atoms with Gasteiger partial charge in [-0.3, -0.25) is 19.3 Å². The molecular weight excluding hydrogens is 380 g/mol. The molecule has 2 N–H and O–H groups in total. The molecule has 3 rings (SSSR count). The molecule has 0 spiro atoms. The second-order valence-corrected chi connectivity index (χ2v) is 7.39. The third kappa shape index (κ3) is 6.15. The van der Waals surface area contributed by atoms with Gasteiger partial charge in [-0.25, -0.2) is 0 Å². The van der Waals surface area contributed by atoms with Crippen LogP contribution in [0.5, 0.6) is 0 Å². The van der Waals surface area contributed by atoms with Crippen molar-refractivity contribution in [2.45, 2.75) is 13.3 Å². The number of aryl methyl sites for hydroxylation is 1. The lowest BCUT2D eigenvalue weighted by Gasteiger charge is -2.34. The number of para-hydroxylation sites is 1. The standard InChI is InChI=1S/C23H28N4O3/c1-18-7-5-6-10-20(18)23(30)24-12-11-22(29)27-15-13-26(14-16-27)17-21(28)25-19-8-3-2-4-9-19/h2-10H,11-17H2,1H3,(H,24,30)(H,25,28). The second kappa shape index (κ2) is 10.5. The van der Waals surface area contributed by atoms with Crippen molar-refractivity contribution in [1.29, 1.82) is 0 Å². The molecule has 0 bridgehead atoms. The van der Waals surface area contributed by atoms with Crippen molar-refractivity contribution in [3.8, 4) is 0 Å². The Kier molecular flexibility index (Phi) is 7.57. The highest BCUT2D eigenvalue weighted by Crippen LogP contribution is 2.08. The van der Waals surface area contributed by atoms with E-state index < -0.39 is 0 Å². The zero-order valence-electron chi connectivity index (χ0n) is 17.3. The molecule has 158 valence electrons. The zero-order chi connectivity index (χ0) is 21.3. The van der Waals surface area contributed by atoms with E-state index in [4.69, 9.17) is 0 Å². The van der Waals surface area contributed by atoms with Crippen molar-refractivity contribution in [3.63, 3.8) is 0 Å². The van der Waals surface area contributed by atoms with E-state index in [9.17, 15) is 14.4 Å². The molecule has 1 fully saturated rings. The maximum atomic E-state index is 12.4. The van der Waals surface area contributed by atoms with E-state index in [0.29, 0.717) is 44.8 Å². The predicted molar refractivity (Wildman–Crippen MR) is 116 cm³/mol. The maximum Gasteiger partial charge on any atom is 0.251 e. The van der Waals surface area contributed by atoms with Gasteiger partial charge in [-0.15, -0.1) is 0 Å². The third-order valence-corrected chi connectivity index (χ3v) is 5.16. The van der Waals surface area contributed by atoms with Crippen molar-refractivity contribution in [3.05, 3.63) is 65.7 Å². The summed E-state index contributed by atoms with van der Waals surface area (Å²) in [6.45, 7) is 4.99. The summed E-state index contributed by atoms with van der Waals surface area (Å²) in [6, 6.07) is 16.7. The van der Waals surface area contributed by atoms with E-state index >= 15 is 0 Å². The minimum atomic E-state index is -0.157. The van der Waals surface area contributed by atoms with Crippen LogP contribution < -0.4 is 10.6 Å². The van der Waals surface area contributed by atoms with Gasteiger partial charge in [0.05, 0.1) is 6.54 Å². The lowest BCUT2D eigenvalue weighted by molar-refractivity contribution is -0.132. The average Bonchev–Trinajstić information content (AvgIpc) is 2.75. The highest BCUT2D eigenvalue weighted by molar-refractivity contribution is 5.95. The van der Waals surface area contributed by atoms with Crippen LogP contribution in [-0.2, 0) is 9.59 Å². The lowest BCUT2D eigenvalue weighted by atomic mass is 10.1. The minimum absolute atomic E-state index is 0.0217. The molecule has 0 unspecified atom stereocenters. The Hall–Kier alpha value is -3.19. The van der Waals surface area contributed by atoms with Crippen LogP contribution in [0.4, 0.5) is 5.69 Å². The quantitative estimate of drug-likeness (QED) is 0.733. The Morgan fingerprint density at radius 2 is 1.57 bits per heavy atom. The van der Waals surface area contributed by atoms with E-state index in [-0.39, 0.29) is 24.1 Å². The molecule has 0 aromatic heterocycles. The summed E-state index contributed by atoms with van der Waals surface area (Å²) in [5.74, 6) is -0.191. The van der Waals surface area contributed by atoms with Crippen LogP contribution >= 0.6 is 0 Å². The van der Waals surface area contributed by atoms with Crippen molar-refractivity contribution in [2.24, 2.45) is 0 Å². The van der Waals surface area contributed by atoms with Crippen LogP contribution in [0, 0.1) is 6.92 Å². The van der Waals surface area contributed by atoms with Crippen LogP contribution in [-0.4, -0.2) is 66.8 Å². The van der Waals surface area contributed by atoms with Crippen LogP contribution in [0.25, 0.3) is 0 Å². The number of carbonyl (C=O) groups is 3. The van der Waals surface area contributed by atoms with Gasteiger partial charge in [-0.2, -0.15) is 0 Å². The summed E-state index contributed by atoms with van der Waals surface area (Å²) >= 11 is 0. The number of hydrogen-bond acceptors (Lipinski definition) is 4. The van der Waals surface area contributed by atoms with Crippen molar-refractivity contribution >= 4 is 23.4 Å². The highest BCUT2D eigenvalue weighted by Gasteiger charge is 2.22. The average molecular weight is 409 g/mol. The van der Waals surface area contributed by atoms with E-state index in [1.54, 1.807) is 11.0 Å². The summed E-state index contributed by atoms with van der Waals surface area (Å²) in [6.07, 6.45) is 0.270. The SMILES string of the molecule is Cc1ccccc1C(=O)NCCC(=O)N1CCN(CC(=O)Nc2ccccc2)CC1. The molecule has 1 aliphatic heterocycles. The Morgan fingerprint density at radius 1 is 0.900 bits per heavy atom. The molecule has 1 heterocycles. The van der Waals surface area contributed by atoms with Crippen molar-refractivity contribution < 1.29 is 14.4 Å². The maximum absolute atomic E-state index is 12.4. The number of nitrogens with one attached hydrogen (secondary N) is 2. The first-order valence-electron chi connectivity index (χ1n) is 10.2. The van der Waals surface area contributed by atoms with Gasteiger partial charge in [0.2, 0.25) is 11.8 Å². The van der Waals surface area contributed by atoms with Gasteiger partial charge in [-0.1, -0.05) is 36.4 Å². The number of carbonyl (C=O) groups excluding carboxylic acids is 3.